The Morgan fingerprint density at radius 3 is 2.35 bits per heavy atom. The lowest BCUT2D eigenvalue weighted by Crippen LogP contribution is -2.23. The number of hydrogen-bond donors (Lipinski definition) is 3. The fourth-order valence-electron chi connectivity index (χ4n) is 4.25. The molecule has 4 aromatic rings. The quantitative estimate of drug-likeness (QED) is 0.174. The average Bonchev–Trinajstić information content (AvgIpc) is 2.95. The number of aliphatic hydroxyl groups is 1. The van der Waals surface area contributed by atoms with Crippen LogP contribution in [0.3, 0.4) is 0 Å². The summed E-state index contributed by atoms with van der Waals surface area (Å²) in [6.07, 6.45) is 0.500. The summed E-state index contributed by atoms with van der Waals surface area (Å²) in [5.41, 5.74) is 2.53. The third-order valence-corrected chi connectivity index (χ3v) is 8.44. The molecule has 0 saturated carbocycles. The Morgan fingerprint density at radius 1 is 0.925 bits per heavy atom. The van der Waals surface area contributed by atoms with Gasteiger partial charge in [0, 0.05) is 11.6 Å². The molecule has 9 heteroatoms. The van der Waals surface area contributed by atoms with Crippen molar-refractivity contribution in [3.8, 4) is 11.5 Å². The molecule has 0 aromatic heterocycles. The Hall–Kier alpha value is -3.69. The number of carboxylic acid groups (broad SMARTS) is 1. The van der Waals surface area contributed by atoms with Crippen LogP contribution in [-0.2, 0) is 22.7 Å². The Kier molecular flexibility index (Phi) is 9.60. The van der Waals surface area contributed by atoms with E-state index in [9.17, 15) is 23.4 Å². The van der Waals surface area contributed by atoms with E-state index in [0.29, 0.717) is 48.0 Å². The zero-order chi connectivity index (χ0) is 28.7. The Bertz CT molecular complexity index is 1590. The number of aromatic carboxylic acids is 1. The zero-order valence-electron chi connectivity index (χ0n) is 21.9. The second-order valence-electron chi connectivity index (χ2n) is 9.23. The fraction of sp³-hybridized carbons (Fsp3) is 0.194. The molecule has 40 heavy (non-hydrogen) atoms. The van der Waals surface area contributed by atoms with E-state index in [2.05, 4.69) is 5.32 Å². The molecule has 4 aromatic carbocycles. The standard InChI is InChI=1S/C31H30ClNO6S/c1-2-22-18-26(11-14-29(22)31(35)36)39-25-7-4-8-28(19-25)40(37,38)27-12-9-21(10-13-27)15-16-33-20-30(34)23-5-3-6-24(32)17-23/h3-14,17-19,30,33-34H,2,15-16,20H2,1H3,(H,35,36). The molecule has 1 unspecified atom stereocenters. The Morgan fingerprint density at radius 2 is 1.65 bits per heavy atom. The van der Waals surface area contributed by atoms with Crippen LogP contribution in [0.15, 0.2) is 101 Å². The first kappa shape index (κ1) is 29.3. The number of sulfone groups is 1. The van der Waals surface area contributed by atoms with Crippen LogP contribution >= 0.6 is 11.6 Å². The van der Waals surface area contributed by atoms with Crippen LogP contribution in [0.25, 0.3) is 0 Å². The Labute approximate surface area is 238 Å². The number of aryl methyl sites for hydroxylation is 1. The van der Waals surface area contributed by atoms with Crippen LogP contribution in [0.4, 0.5) is 0 Å². The van der Waals surface area contributed by atoms with E-state index in [1.807, 2.05) is 13.0 Å². The molecule has 4 rings (SSSR count). The van der Waals surface area contributed by atoms with Crippen molar-refractivity contribution >= 4 is 27.4 Å². The lowest BCUT2D eigenvalue weighted by Gasteiger charge is -2.13. The number of hydrogen-bond acceptors (Lipinski definition) is 6. The van der Waals surface area contributed by atoms with Crippen molar-refractivity contribution < 1.29 is 28.2 Å². The van der Waals surface area contributed by atoms with Gasteiger partial charge in [0.05, 0.1) is 21.5 Å². The maximum absolute atomic E-state index is 13.3. The van der Waals surface area contributed by atoms with Crippen LogP contribution in [-0.4, -0.2) is 37.7 Å². The predicted octanol–water partition coefficient (Wildman–Crippen LogP) is 6.09. The van der Waals surface area contributed by atoms with Gasteiger partial charge in [0.25, 0.3) is 0 Å². The van der Waals surface area contributed by atoms with E-state index in [1.54, 1.807) is 66.7 Å². The molecule has 208 valence electrons. The third-order valence-electron chi connectivity index (χ3n) is 6.43. The summed E-state index contributed by atoms with van der Waals surface area (Å²) in [4.78, 5) is 11.6. The van der Waals surface area contributed by atoms with E-state index < -0.39 is 21.9 Å². The molecule has 0 fully saturated rings. The van der Waals surface area contributed by atoms with E-state index in [4.69, 9.17) is 16.3 Å². The van der Waals surface area contributed by atoms with E-state index in [0.717, 1.165) is 11.1 Å². The van der Waals surface area contributed by atoms with Gasteiger partial charge in [0.15, 0.2) is 0 Å². The van der Waals surface area contributed by atoms with Gasteiger partial charge >= 0.3 is 5.97 Å². The largest absolute Gasteiger partial charge is 0.478 e. The smallest absolute Gasteiger partial charge is 0.335 e. The number of halogens is 1. The third kappa shape index (κ3) is 7.28. The van der Waals surface area contributed by atoms with Crippen molar-refractivity contribution in [1.82, 2.24) is 5.32 Å². The van der Waals surface area contributed by atoms with Crippen LogP contribution in [0.2, 0.25) is 5.02 Å². The second-order valence-corrected chi connectivity index (χ2v) is 11.6. The van der Waals surface area contributed by atoms with E-state index in [-0.39, 0.29) is 15.4 Å². The first-order chi connectivity index (χ1) is 19.2. The molecule has 0 aliphatic carbocycles. The van der Waals surface area contributed by atoms with Gasteiger partial charge in [0.1, 0.15) is 11.5 Å². The molecular weight excluding hydrogens is 550 g/mol. The number of rotatable bonds is 12. The number of benzene rings is 4. The number of aliphatic hydroxyl groups excluding tert-OH is 1. The molecule has 0 bridgehead atoms. The monoisotopic (exact) mass is 579 g/mol. The summed E-state index contributed by atoms with van der Waals surface area (Å²) < 4.78 is 32.5. The first-order valence-corrected chi connectivity index (χ1v) is 14.7. The highest BCUT2D eigenvalue weighted by molar-refractivity contribution is 7.91. The molecule has 0 aliphatic rings. The van der Waals surface area contributed by atoms with Gasteiger partial charge in [-0.05, 0) is 96.7 Å². The van der Waals surface area contributed by atoms with Crippen LogP contribution in [0, 0.1) is 0 Å². The van der Waals surface area contributed by atoms with Gasteiger partial charge in [0.2, 0.25) is 9.84 Å². The minimum absolute atomic E-state index is 0.0901. The van der Waals surface area contributed by atoms with Crippen molar-refractivity contribution in [1.29, 1.82) is 0 Å². The summed E-state index contributed by atoms with van der Waals surface area (Å²) in [5, 5.41) is 23.4. The van der Waals surface area contributed by atoms with Crippen LogP contribution in [0.5, 0.6) is 11.5 Å². The van der Waals surface area contributed by atoms with Crippen molar-refractivity contribution in [2.45, 2.75) is 35.7 Å². The van der Waals surface area contributed by atoms with Crippen molar-refractivity contribution in [3.05, 3.63) is 118 Å². The predicted molar refractivity (Wildman–Crippen MR) is 154 cm³/mol. The summed E-state index contributed by atoms with van der Waals surface area (Å²) in [6, 6.07) is 24.7. The molecule has 0 radical (unpaired) electrons. The maximum Gasteiger partial charge on any atom is 0.335 e. The highest BCUT2D eigenvalue weighted by Gasteiger charge is 2.19. The highest BCUT2D eigenvalue weighted by Crippen LogP contribution is 2.29. The fourth-order valence-corrected chi connectivity index (χ4v) is 5.74. The number of nitrogens with one attached hydrogen (secondary N) is 1. The van der Waals surface area contributed by atoms with Gasteiger partial charge in [-0.1, -0.05) is 48.9 Å². The van der Waals surface area contributed by atoms with Crippen molar-refractivity contribution in [2.75, 3.05) is 13.1 Å². The van der Waals surface area contributed by atoms with E-state index >= 15 is 0 Å². The summed E-state index contributed by atoms with van der Waals surface area (Å²) in [7, 11) is -3.79. The molecule has 0 spiro atoms. The molecule has 0 heterocycles. The number of ether oxygens (including phenoxy) is 1. The normalized spacial score (nSPS) is 12.2. The van der Waals surface area contributed by atoms with Gasteiger partial charge in [-0.3, -0.25) is 0 Å². The second kappa shape index (κ2) is 13.1. The van der Waals surface area contributed by atoms with Crippen LogP contribution < -0.4 is 10.1 Å². The van der Waals surface area contributed by atoms with Crippen LogP contribution in [0.1, 0.15) is 40.1 Å². The number of carboxylic acids is 1. The van der Waals surface area contributed by atoms with Gasteiger partial charge in [-0.15, -0.1) is 0 Å². The summed E-state index contributed by atoms with van der Waals surface area (Å²) in [5.74, 6) is -0.255. The minimum Gasteiger partial charge on any atom is -0.478 e. The maximum atomic E-state index is 13.3. The average molecular weight is 580 g/mol. The molecular formula is C31H30ClNO6S. The minimum atomic E-state index is -3.79. The van der Waals surface area contributed by atoms with Gasteiger partial charge in [-0.2, -0.15) is 0 Å². The van der Waals surface area contributed by atoms with Gasteiger partial charge < -0.3 is 20.3 Å². The molecule has 7 nitrogen and oxygen atoms in total. The highest BCUT2D eigenvalue weighted by atomic mass is 35.5. The molecule has 1 atom stereocenters. The summed E-state index contributed by atoms with van der Waals surface area (Å²) in [6.45, 7) is 2.83. The molecule has 0 aliphatic heterocycles. The molecule has 0 saturated heterocycles. The first-order valence-electron chi connectivity index (χ1n) is 12.8. The topological polar surface area (TPSA) is 113 Å². The Balaban J connectivity index is 1.37. The van der Waals surface area contributed by atoms with E-state index in [1.165, 1.54) is 18.2 Å². The lowest BCUT2D eigenvalue weighted by molar-refractivity contribution is 0.0695. The summed E-state index contributed by atoms with van der Waals surface area (Å²) >= 11 is 5.98. The zero-order valence-corrected chi connectivity index (χ0v) is 23.5. The molecule has 3 N–H and O–H groups in total. The SMILES string of the molecule is CCc1cc(Oc2cccc(S(=O)(=O)c3ccc(CCNCC(O)c4cccc(Cl)c4)cc3)c2)ccc1C(=O)O. The lowest BCUT2D eigenvalue weighted by atomic mass is 10.1. The number of carbonyl (C=O) groups is 1. The van der Waals surface area contributed by atoms with Crippen molar-refractivity contribution in [2.24, 2.45) is 0 Å². The molecule has 0 amide bonds. The van der Waals surface area contributed by atoms with Crippen molar-refractivity contribution in [3.63, 3.8) is 0 Å². The van der Waals surface area contributed by atoms with Gasteiger partial charge in [-0.25, -0.2) is 13.2 Å².